The van der Waals surface area contributed by atoms with Crippen LogP contribution in [0.5, 0.6) is 0 Å². The largest absolute Gasteiger partial charge is 0.335 e. The summed E-state index contributed by atoms with van der Waals surface area (Å²) in [5.41, 5.74) is 0.953. The first-order valence-corrected chi connectivity index (χ1v) is 8.61. The number of carbonyl (C=O) groups is 2. The van der Waals surface area contributed by atoms with Crippen molar-refractivity contribution in [2.24, 2.45) is 5.92 Å². The molecule has 1 saturated carbocycles. The summed E-state index contributed by atoms with van der Waals surface area (Å²) < 4.78 is 0. The first-order chi connectivity index (χ1) is 11.2. The number of benzene rings is 1. The number of piperidine rings is 1. The Kier molecular flexibility index (Phi) is 4.84. The summed E-state index contributed by atoms with van der Waals surface area (Å²) in [4.78, 5) is 28.6. The number of nitrogens with zero attached hydrogens (tertiary/aromatic N) is 2. The van der Waals surface area contributed by atoms with Crippen LogP contribution in [0.15, 0.2) is 30.3 Å². The van der Waals surface area contributed by atoms with Crippen LogP contribution in [0, 0.1) is 5.92 Å². The molecule has 3 amide bonds. The third-order valence-corrected chi connectivity index (χ3v) is 4.69. The average molecular weight is 315 g/mol. The molecule has 1 aromatic carbocycles. The molecule has 124 valence electrons. The maximum Gasteiger partial charge on any atom is 0.317 e. The zero-order chi connectivity index (χ0) is 16.2. The van der Waals surface area contributed by atoms with Crippen LogP contribution in [-0.4, -0.2) is 42.5 Å². The van der Waals surface area contributed by atoms with Crippen molar-refractivity contribution < 1.29 is 9.59 Å². The van der Waals surface area contributed by atoms with Crippen LogP contribution in [0.1, 0.15) is 32.6 Å². The molecule has 3 rings (SSSR count). The van der Waals surface area contributed by atoms with Crippen molar-refractivity contribution in [3.05, 3.63) is 30.3 Å². The van der Waals surface area contributed by atoms with Crippen molar-refractivity contribution in [3.63, 3.8) is 0 Å². The van der Waals surface area contributed by atoms with E-state index in [2.05, 4.69) is 5.32 Å². The zero-order valence-corrected chi connectivity index (χ0v) is 13.7. The minimum Gasteiger partial charge on any atom is -0.335 e. The van der Waals surface area contributed by atoms with Gasteiger partial charge in [-0.1, -0.05) is 18.2 Å². The number of hydrogen-bond acceptors (Lipinski definition) is 2. The third-order valence-electron chi connectivity index (χ3n) is 4.69. The number of rotatable bonds is 4. The van der Waals surface area contributed by atoms with E-state index in [1.165, 1.54) is 0 Å². The first-order valence-electron chi connectivity index (χ1n) is 8.61. The number of urea groups is 1. The number of amides is 3. The van der Waals surface area contributed by atoms with E-state index in [-0.39, 0.29) is 17.9 Å². The molecule has 0 atom stereocenters. The summed E-state index contributed by atoms with van der Waals surface area (Å²) in [5.74, 6) is 0.195. The van der Waals surface area contributed by atoms with Crippen molar-refractivity contribution in [2.75, 3.05) is 24.5 Å². The van der Waals surface area contributed by atoms with E-state index in [1.54, 1.807) is 0 Å². The Morgan fingerprint density at radius 1 is 1.13 bits per heavy atom. The molecule has 2 aliphatic rings. The van der Waals surface area contributed by atoms with Gasteiger partial charge in [-0.3, -0.25) is 4.79 Å². The molecule has 5 nitrogen and oxygen atoms in total. The minimum atomic E-state index is 0.0140. The summed E-state index contributed by atoms with van der Waals surface area (Å²) in [7, 11) is 0. The molecule has 0 aromatic heterocycles. The number of anilines is 1. The van der Waals surface area contributed by atoms with Crippen molar-refractivity contribution in [1.82, 2.24) is 10.2 Å². The quantitative estimate of drug-likeness (QED) is 0.928. The van der Waals surface area contributed by atoms with Gasteiger partial charge in [-0.15, -0.1) is 0 Å². The van der Waals surface area contributed by atoms with Gasteiger partial charge in [0.2, 0.25) is 5.91 Å². The van der Waals surface area contributed by atoms with Crippen LogP contribution >= 0.6 is 0 Å². The van der Waals surface area contributed by atoms with Gasteiger partial charge in [0.1, 0.15) is 0 Å². The topological polar surface area (TPSA) is 52.7 Å². The first kappa shape index (κ1) is 15.8. The fourth-order valence-electron chi connectivity index (χ4n) is 3.12. The summed E-state index contributed by atoms with van der Waals surface area (Å²) in [6.45, 7) is 4.01. The lowest BCUT2D eigenvalue weighted by Crippen LogP contribution is -2.48. The van der Waals surface area contributed by atoms with Crippen LogP contribution in [0.3, 0.4) is 0 Å². The number of carbonyl (C=O) groups excluding carboxylic acids is 2. The predicted molar refractivity (Wildman–Crippen MR) is 90.3 cm³/mol. The van der Waals surface area contributed by atoms with E-state index in [4.69, 9.17) is 0 Å². The Labute approximate surface area is 137 Å². The second-order valence-electron chi connectivity index (χ2n) is 6.40. The van der Waals surface area contributed by atoms with Gasteiger partial charge in [0.05, 0.1) is 0 Å². The van der Waals surface area contributed by atoms with Crippen LogP contribution in [-0.2, 0) is 4.79 Å². The lowest BCUT2D eigenvalue weighted by atomic mass is 9.95. The number of likely N-dealkylation sites (tertiary alicyclic amines) is 1. The van der Waals surface area contributed by atoms with E-state index in [9.17, 15) is 9.59 Å². The van der Waals surface area contributed by atoms with E-state index in [0.717, 1.165) is 31.4 Å². The highest BCUT2D eigenvalue weighted by Gasteiger charge is 2.32. The number of nitrogens with one attached hydrogen (secondary N) is 1. The summed E-state index contributed by atoms with van der Waals surface area (Å²) in [6, 6.07) is 10.2. The Morgan fingerprint density at radius 2 is 1.78 bits per heavy atom. The molecule has 0 unspecified atom stereocenters. The molecule has 0 bridgehead atoms. The van der Waals surface area contributed by atoms with Crippen molar-refractivity contribution in [3.8, 4) is 0 Å². The molecular formula is C18H25N3O2. The fraction of sp³-hybridized carbons (Fsp3) is 0.556. The van der Waals surface area contributed by atoms with Gasteiger partial charge in [0.15, 0.2) is 0 Å². The zero-order valence-electron chi connectivity index (χ0n) is 13.7. The predicted octanol–water partition coefficient (Wildman–Crippen LogP) is 2.62. The van der Waals surface area contributed by atoms with E-state index < -0.39 is 0 Å². The lowest BCUT2D eigenvalue weighted by Gasteiger charge is -2.34. The van der Waals surface area contributed by atoms with Gasteiger partial charge in [0, 0.05) is 37.3 Å². The highest BCUT2D eigenvalue weighted by molar-refractivity contribution is 5.95. The highest BCUT2D eigenvalue weighted by atomic mass is 16.2. The van der Waals surface area contributed by atoms with E-state index >= 15 is 0 Å². The van der Waals surface area contributed by atoms with Crippen LogP contribution in [0.4, 0.5) is 10.5 Å². The maximum absolute atomic E-state index is 12.8. The van der Waals surface area contributed by atoms with Crippen LogP contribution in [0.25, 0.3) is 0 Å². The smallest absolute Gasteiger partial charge is 0.317 e. The number of para-hydroxylation sites is 1. The molecule has 23 heavy (non-hydrogen) atoms. The SMILES string of the molecule is CCN(C(=O)C1CCN(C(=O)NC2CC2)CC1)c1ccccc1. The van der Waals surface area contributed by atoms with Crippen LogP contribution in [0.2, 0.25) is 0 Å². The molecule has 1 aliphatic heterocycles. The molecule has 1 aromatic rings. The molecule has 1 heterocycles. The average Bonchev–Trinajstić information content (AvgIpc) is 3.40. The maximum atomic E-state index is 12.8. The van der Waals surface area contributed by atoms with E-state index in [0.29, 0.717) is 25.7 Å². The van der Waals surface area contributed by atoms with Gasteiger partial charge in [-0.05, 0) is 44.7 Å². The Bertz CT molecular complexity index is 549. The molecule has 1 saturated heterocycles. The van der Waals surface area contributed by atoms with Crippen molar-refractivity contribution in [1.29, 1.82) is 0 Å². The van der Waals surface area contributed by atoms with Gasteiger partial charge >= 0.3 is 6.03 Å². The Hall–Kier alpha value is -2.04. The van der Waals surface area contributed by atoms with Crippen LogP contribution < -0.4 is 10.2 Å². The molecule has 0 radical (unpaired) electrons. The monoisotopic (exact) mass is 315 g/mol. The van der Waals surface area contributed by atoms with Gasteiger partial charge in [-0.2, -0.15) is 0 Å². The second kappa shape index (κ2) is 7.02. The Morgan fingerprint density at radius 3 is 2.35 bits per heavy atom. The van der Waals surface area contributed by atoms with E-state index in [1.807, 2.05) is 47.1 Å². The van der Waals surface area contributed by atoms with Crippen molar-refractivity contribution in [2.45, 2.75) is 38.6 Å². The summed E-state index contributed by atoms with van der Waals surface area (Å²) in [5, 5.41) is 3.02. The highest BCUT2D eigenvalue weighted by Crippen LogP contribution is 2.24. The van der Waals surface area contributed by atoms with Gasteiger partial charge < -0.3 is 15.1 Å². The third kappa shape index (κ3) is 3.84. The Balaban J connectivity index is 1.55. The molecule has 1 aliphatic carbocycles. The minimum absolute atomic E-state index is 0.0140. The second-order valence-corrected chi connectivity index (χ2v) is 6.40. The summed E-state index contributed by atoms with van der Waals surface area (Å²) in [6.07, 6.45) is 3.70. The van der Waals surface area contributed by atoms with Gasteiger partial charge in [0.25, 0.3) is 0 Å². The fourth-order valence-corrected chi connectivity index (χ4v) is 3.12. The van der Waals surface area contributed by atoms with Crippen molar-refractivity contribution >= 4 is 17.6 Å². The molecular weight excluding hydrogens is 290 g/mol. The normalized spacial score (nSPS) is 18.6. The lowest BCUT2D eigenvalue weighted by molar-refractivity contribution is -0.123. The summed E-state index contributed by atoms with van der Waals surface area (Å²) >= 11 is 0. The van der Waals surface area contributed by atoms with Gasteiger partial charge in [-0.25, -0.2) is 4.79 Å². The number of hydrogen-bond donors (Lipinski definition) is 1. The standard InChI is InChI=1S/C18H25N3O2/c1-2-21(16-6-4-3-5-7-16)17(22)14-10-12-20(13-11-14)18(23)19-15-8-9-15/h3-7,14-15H,2,8-13H2,1H3,(H,19,23). The molecule has 2 fully saturated rings. The molecule has 0 spiro atoms. The molecule has 1 N–H and O–H groups in total. The molecule has 5 heteroatoms.